The third-order valence-corrected chi connectivity index (χ3v) is 4.24. The maximum Gasteiger partial charge on any atom is 0.143 e. The zero-order valence-corrected chi connectivity index (χ0v) is 12.4. The van der Waals surface area contributed by atoms with Gasteiger partial charge in [-0.15, -0.1) is 16.4 Å². The van der Waals surface area contributed by atoms with Crippen LogP contribution in [0.2, 0.25) is 0 Å². The van der Waals surface area contributed by atoms with Crippen molar-refractivity contribution in [1.29, 1.82) is 0 Å². The molecular weight excluding hydrogens is 298 g/mol. The van der Waals surface area contributed by atoms with E-state index in [1.807, 2.05) is 36.6 Å². The average Bonchev–Trinajstić information content (AvgIpc) is 3.20. The highest BCUT2D eigenvalue weighted by atomic mass is 32.1. The maximum absolute atomic E-state index is 4.35. The third kappa shape index (κ3) is 2.09. The Morgan fingerprint density at radius 2 is 2.14 bits per heavy atom. The number of hydrogen-bond donors (Lipinski definition) is 1. The van der Waals surface area contributed by atoms with Crippen molar-refractivity contribution in [1.82, 2.24) is 30.2 Å². The SMILES string of the molecule is Cc1c(Nc2ncnc3sccc23)cccc1-n1cnnn1. The number of nitrogens with zero attached hydrogens (tertiary/aromatic N) is 6. The van der Waals surface area contributed by atoms with Crippen molar-refractivity contribution in [2.45, 2.75) is 6.92 Å². The minimum Gasteiger partial charge on any atom is -0.339 e. The molecule has 1 aromatic carbocycles. The lowest BCUT2D eigenvalue weighted by molar-refractivity contribution is 0.785. The molecular formula is C14H11N7S. The van der Waals surface area contributed by atoms with Crippen molar-refractivity contribution in [2.24, 2.45) is 0 Å². The van der Waals surface area contributed by atoms with Crippen molar-refractivity contribution in [3.63, 3.8) is 0 Å². The highest BCUT2D eigenvalue weighted by Crippen LogP contribution is 2.29. The van der Waals surface area contributed by atoms with Crippen LogP contribution in [0.4, 0.5) is 11.5 Å². The average molecular weight is 309 g/mol. The van der Waals surface area contributed by atoms with Gasteiger partial charge in [0.1, 0.15) is 23.3 Å². The van der Waals surface area contributed by atoms with Gasteiger partial charge in [-0.05, 0) is 46.5 Å². The molecule has 0 atom stereocenters. The van der Waals surface area contributed by atoms with Gasteiger partial charge in [-0.3, -0.25) is 0 Å². The van der Waals surface area contributed by atoms with E-state index in [1.54, 1.807) is 28.7 Å². The summed E-state index contributed by atoms with van der Waals surface area (Å²) in [6.07, 6.45) is 3.15. The molecule has 0 saturated heterocycles. The van der Waals surface area contributed by atoms with Gasteiger partial charge in [0.25, 0.3) is 0 Å². The summed E-state index contributed by atoms with van der Waals surface area (Å²) in [4.78, 5) is 9.57. The second-order valence-corrected chi connectivity index (χ2v) is 5.59. The summed E-state index contributed by atoms with van der Waals surface area (Å²) in [6, 6.07) is 7.95. The van der Waals surface area contributed by atoms with Crippen molar-refractivity contribution >= 4 is 33.1 Å². The molecule has 0 saturated carbocycles. The van der Waals surface area contributed by atoms with E-state index >= 15 is 0 Å². The molecule has 0 bridgehead atoms. The molecule has 7 nitrogen and oxygen atoms in total. The van der Waals surface area contributed by atoms with Crippen LogP contribution >= 0.6 is 11.3 Å². The normalized spacial score (nSPS) is 11.0. The zero-order valence-electron chi connectivity index (χ0n) is 11.6. The lowest BCUT2D eigenvalue weighted by Crippen LogP contribution is -2.02. The Labute approximate surface area is 129 Å². The molecule has 22 heavy (non-hydrogen) atoms. The van der Waals surface area contributed by atoms with Crippen molar-refractivity contribution in [3.05, 3.63) is 47.9 Å². The molecule has 0 aliphatic rings. The number of benzene rings is 1. The van der Waals surface area contributed by atoms with Crippen LogP contribution in [0, 0.1) is 6.92 Å². The van der Waals surface area contributed by atoms with Crippen LogP contribution in [0.3, 0.4) is 0 Å². The minimum atomic E-state index is 0.795. The van der Waals surface area contributed by atoms with Gasteiger partial charge in [-0.2, -0.15) is 0 Å². The first-order valence-corrected chi connectivity index (χ1v) is 7.49. The number of thiophene rings is 1. The first kappa shape index (κ1) is 12.8. The lowest BCUT2D eigenvalue weighted by Gasteiger charge is -2.12. The molecule has 4 rings (SSSR count). The molecule has 0 aliphatic carbocycles. The van der Waals surface area contributed by atoms with Crippen LogP contribution in [0.15, 0.2) is 42.3 Å². The number of fused-ring (bicyclic) bond motifs is 1. The Bertz CT molecular complexity index is 929. The summed E-state index contributed by atoms with van der Waals surface area (Å²) in [6.45, 7) is 2.02. The predicted molar refractivity (Wildman–Crippen MR) is 84.6 cm³/mol. The third-order valence-electron chi connectivity index (χ3n) is 3.42. The van der Waals surface area contributed by atoms with Crippen LogP contribution in [0.25, 0.3) is 15.9 Å². The predicted octanol–water partition coefficient (Wildman–Crippen LogP) is 2.72. The fourth-order valence-electron chi connectivity index (χ4n) is 2.30. The molecule has 3 aromatic heterocycles. The summed E-state index contributed by atoms with van der Waals surface area (Å²) >= 11 is 1.60. The van der Waals surface area contributed by atoms with Crippen molar-refractivity contribution in [2.75, 3.05) is 5.32 Å². The molecule has 0 fully saturated rings. The zero-order chi connectivity index (χ0) is 14.9. The monoisotopic (exact) mass is 309 g/mol. The van der Waals surface area contributed by atoms with E-state index in [2.05, 4.69) is 30.8 Å². The topological polar surface area (TPSA) is 81.4 Å². The van der Waals surface area contributed by atoms with Gasteiger partial charge in [0.05, 0.1) is 11.1 Å². The number of rotatable bonds is 3. The number of nitrogens with one attached hydrogen (secondary N) is 1. The van der Waals surface area contributed by atoms with Gasteiger partial charge in [-0.1, -0.05) is 6.07 Å². The van der Waals surface area contributed by atoms with Crippen LogP contribution in [-0.4, -0.2) is 30.2 Å². The quantitative estimate of drug-likeness (QED) is 0.626. The Balaban J connectivity index is 1.78. The van der Waals surface area contributed by atoms with Gasteiger partial charge < -0.3 is 5.32 Å². The lowest BCUT2D eigenvalue weighted by atomic mass is 10.1. The van der Waals surface area contributed by atoms with Crippen molar-refractivity contribution in [3.8, 4) is 5.69 Å². The number of tetrazole rings is 1. The van der Waals surface area contributed by atoms with Gasteiger partial charge in [0.2, 0.25) is 0 Å². The number of hydrogen-bond acceptors (Lipinski definition) is 7. The summed E-state index contributed by atoms with van der Waals surface area (Å²) < 4.78 is 1.64. The van der Waals surface area contributed by atoms with Crippen molar-refractivity contribution < 1.29 is 0 Å². The fourth-order valence-corrected chi connectivity index (χ4v) is 3.03. The summed E-state index contributed by atoms with van der Waals surface area (Å²) in [7, 11) is 0. The highest BCUT2D eigenvalue weighted by molar-refractivity contribution is 7.16. The highest BCUT2D eigenvalue weighted by Gasteiger charge is 2.10. The second kappa shape index (κ2) is 5.15. The maximum atomic E-state index is 4.35. The largest absolute Gasteiger partial charge is 0.339 e. The molecule has 0 aliphatic heterocycles. The van der Waals surface area contributed by atoms with E-state index in [4.69, 9.17) is 0 Å². The summed E-state index contributed by atoms with van der Waals surface area (Å²) in [5.74, 6) is 0.795. The van der Waals surface area contributed by atoms with Gasteiger partial charge >= 0.3 is 0 Å². The summed E-state index contributed by atoms with van der Waals surface area (Å²) in [5.41, 5.74) is 2.92. The van der Waals surface area contributed by atoms with Gasteiger partial charge in [0.15, 0.2) is 0 Å². The summed E-state index contributed by atoms with van der Waals surface area (Å²) in [5, 5.41) is 17.7. The van der Waals surface area contributed by atoms with Crippen LogP contribution in [0.1, 0.15) is 5.56 Å². The Kier molecular flexibility index (Phi) is 3.01. The molecule has 8 heteroatoms. The van der Waals surface area contributed by atoms with Gasteiger partial charge in [-0.25, -0.2) is 14.6 Å². The first-order valence-electron chi connectivity index (χ1n) is 6.61. The molecule has 0 radical (unpaired) electrons. The van der Waals surface area contributed by atoms with E-state index in [9.17, 15) is 0 Å². The Morgan fingerprint density at radius 3 is 3.00 bits per heavy atom. The molecule has 0 unspecified atom stereocenters. The Hall–Kier alpha value is -2.87. The van der Waals surface area contributed by atoms with E-state index in [0.717, 1.165) is 33.0 Å². The van der Waals surface area contributed by atoms with Crippen LogP contribution in [0.5, 0.6) is 0 Å². The van der Waals surface area contributed by atoms with Gasteiger partial charge in [0, 0.05) is 5.69 Å². The molecule has 1 N–H and O–H groups in total. The van der Waals surface area contributed by atoms with E-state index in [-0.39, 0.29) is 0 Å². The molecule has 4 aromatic rings. The number of aromatic nitrogens is 6. The minimum absolute atomic E-state index is 0.795. The van der Waals surface area contributed by atoms with E-state index in [0.29, 0.717) is 0 Å². The smallest absolute Gasteiger partial charge is 0.143 e. The van der Waals surface area contributed by atoms with E-state index < -0.39 is 0 Å². The van der Waals surface area contributed by atoms with E-state index in [1.165, 1.54) is 0 Å². The molecule has 0 spiro atoms. The van der Waals surface area contributed by atoms with Crippen LogP contribution < -0.4 is 5.32 Å². The first-order chi connectivity index (χ1) is 10.8. The molecule has 3 heterocycles. The van der Waals surface area contributed by atoms with Crippen LogP contribution in [-0.2, 0) is 0 Å². The standard InChI is InChI=1S/C14H11N7S/c1-9-11(3-2-4-12(9)21-8-17-19-20-21)18-13-10-5-6-22-14(10)16-7-15-13/h2-8H,1H3,(H,15,16,18). The Morgan fingerprint density at radius 1 is 1.18 bits per heavy atom. The fraction of sp³-hybridized carbons (Fsp3) is 0.0714. The molecule has 0 amide bonds. The second-order valence-electron chi connectivity index (χ2n) is 4.69. The number of anilines is 2. The molecule has 108 valence electrons.